The number of carbonyl (C=O) groups is 2. The molecule has 1 unspecified atom stereocenters. The maximum atomic E-state index is 12.0. The fourth-order valence-corrected chi connectivity index (χ4v) is 1.87. The fourth-order valence-electron chi connectivity index (χ4n) is 1.87. The van der Waals surface area contributed by atoms with Crippen LogP contribution in [0.15, 0.2) is 0 Å². The summed E-state index contributed by atoms with van der Waals surface area (Å²) in [5.41, 5.74) is 5.72. The molecule has 0 aromatic heterocycles. The van der Waals surface area contributed by atoms with Gasteiger partial charge in [-0.15, -0.1) is 0 Å². The van der Waals surface area contributed by atoms with Crippen molar-refractivity contribution in [2.45, 2.75) is 47.5 Å². The number of carbonyl (C=O) groups excluding carboxylic acids is 2. The first-order valence-corrected chi connectivity index (χ1v) is 7.40. The molecule has 4 N–H and O–H groups in total. The van der Waals surface area contributed by atoms with Gasteiger partial charge in [-0.3, -0.25) is 9.59 Å². The highest BCUT2D eigenvalue weighted by atomic mass is 16.2. The Morgan fingerprint density at radius 2 is 1.75 bits per heavy atom. The van der Waals surface area contributed by atoms with E-state index in [2.05, 4.69) is 31.4 Å². The minimum atomic E-state index is -0.186. The molecule has 0 rings (SSSR count). The molecule has 0 aliphatic rings. The molecule has 0 saturated carbocycles. The predicted molar refractivity (Wildman–Crippen MR) is 82.1 cm³/mol. The average Bonchev–Trinajstić information content (AvgIpc) is 2.32. The van der Waals surface area contributed by atoms with Gasteiger partial charge >= 0.3 is 0 Å². The monoisotopic (exact) mass is 285 g/mol. The van der Waals surface area contributed by atoms with Gasteiger partial charge in [0, 0.05) is 26.1 Å². The van der Waals surface area contributed by atoms with Crippen LogP contribution in [0.4, 0.5) is 0 Å². The molecular formula is C15H31N3O2. The van der Waals surface area contributed by atoms with Gasteiger partial charge in [-0.2, -0.15) is 0 Å². The van der Waals surface area contributed by atoms with Crippen molar-refractivity contribution in [1.82, 2.24) is 10.6 Å². The van der Waals surface area contributed by atoms with E-state index in [1.807, 2.05) is 13.8 Å². The molecule has 0 radical (unpaired) electrons. The summed E-state index contributed by atoms with van der Waals surface area (Å²) < 4.78 is 0. The lowest BCUT2D eigenvalue weighted by Gasteiger charge is -2.24. The number of nitrogens with two attached hydrogens (primary N) is 1. The van der Waals surface area contributed by atoms with E-state index in [9.17, 15) is 9.59 Å². The minimum absolute atomic E-state index is 0.0286. The molecule has 0 aromatic carbocycles. The number of hydrogen-bond donors (Lipinski definition) is 3. The third-order valence-corrected chi connectivity index (χ3v) is 2.87. The van der Waals surface area contributed by atoms with E-state index >= 15 is 0 Å². The van der Waals surface area contributed by atoms with Gasteiger partial charge in [0.05, 0.1) is 5.92 Å². The number of hydrogen-bond acceptors (Lipinski definition) is 3. The largest absolute Gasteiger partial charge is 0.356 e. The van der Waals surface area contributed by atoms with Crippen LogP contribution in [-0.4, -0.2) is 31.4 Å². The molecule has 0 aliphatic carbocycles. The summed E-state index contributed by atoms with van der Waals surface area (Å²) in [4.78, 5) is 23.5. The van der Waals surface area contributed by atoms with Gasteiger partial charge < -0.3 is 16.4 Å². The molecule has 1 atom stereocenters. The second-order valence-electron chi connectivity index (χ2n) is 6.94. The van der Waals surface area contributed by atoms with E-state index in [4.69, 9.17) is 5.73 Å². The van der Waals surface area contributed by atoms with E-state index in [1.54, 1.807) is 0 Å². The van der Waals surface area contributed by atoms with E-state index in [0.717, 1.165) is 6.42 Å². The molecule has 0 aliphatic heterocycles. The number of rotatable bonds is 8. The predicted octanol–water partition coefficient (Wildman–Crippen LogP) is 1.28. The third kappa shape index (κ3) is 9.78. The first-order valence-electron chi connectivity index (χ1n) is 7.40. The van der Waals surface area contributed by atoms with Crippen molar-refractivity contribution in [3.05, 3.63) is 0 Å². The molecule has 0 heterocycles. The summed E-state index contributed by atoms with van der Waals surface area (Å²) in [6.45, 7) is 11.7. The topological polar surface area (TPSA) is 84.2 Å². The number of nitrogens with one attached hydrogen (secondary N) is 2. The molecule has 0 fully saturated rings. The molecule has 0 bridgehead atoms. The zero-order valence-corrected chi connectivity index (χ0v) is 13.6. The summed E-state index contributed by atoms with van der Waals surface area (Å²) in [6, 6.07) is 0. The van der Waals surface area contributed by atoms with Gasteiger partial charge in [0.2, 0.25) is 11.8 Å². The maximum absolute atomic E-state index is 12.0. The molecule has 20 heavy (non-hydrogen) atoms. The molecular weight excluding hydrogens is 254 g/mol. The van der Waals surface area contributed by atoms with Crippen molar-refractivity contribution in [3.63, 3.8) is 0 Å². The Hall–Kier alpha value is -1.10. The molecule has 0 saturated heterocycles. The Balaban J connectivity index is 3.99. The Morgan fingerprint density at radius 3 is 2.20 bits per heavy atom. The van der Waals surface area contributed by atoms with Crippen LogP contribution < -0.4 is 16.4 Å². The Labute approximate surface area is 123 Å². The van der Waals surface area contributed by atoms with Gasteiger partial charge in [-0.1, -0.05) is 34.6 Å². The van der Waals surface area contributed by atoms with Crippen LogP contribution in [0.5, 0.6) is 0 Å². The molecule has 5 heteroatoms. The zero-order chi connectivity index (χ0) is 15.8. The zero-order valence-electron chi connectivity index (χ0n) is 13.6. The summed E-state index contributed by atoms with van der Waals surface area (Å²) in [7, 11) is 0. The van der Waals surface area contributed by atoms with Gasteiger partial charge in [-0.05, 0) is 17.8 Å². The van der Waals surface area contributed by atoms with Crippen LogP contribution in [0.3, 0.4) is 0 Å². The lowest BCUT2D eigenvalue weighted by molar-refractivity contribution is -0.126. The van der Waals surface area contributed by atoms with Crippen molar-refractivity contribution in [2.24, 2.45) is 23.0 Å². The highest BCUT2D eigenvalue weighted by Gasteiger charge is 2.23. The van der Waals surface area contributed by atoms with Crippen LogP contribution in [-0.2, 0) is 9.59 Å². The minimum Gasteiger partial charge on any atom is -0.356 e. The standard InChI is InChI=1S/C15H31N3O2/c1-11(2)10-18-13(19)6-7-17-14(20)12(9-16)8-15(3,4)5/h11-12H,6-10,16H2,1-5H3,(H,17,20)(H,18,19). The highest BCUT2D eigenvalue weighted by Crippen LogP contribution is 2.23. The fraction of sp³-hybridized carbons (Fsp3) is 0.867. The SMILES string of the molecule is CC(C)CNC(=O)CCNC(=O)C(CN)CC(C)(C)C. The van der Waals surface area contributed by atoms with Crippen molar-refractivity contribution in [3.8, 4) is 0 Å². The van der Waals surface area contributed by atoms with E-state index in [1.165, 1.54) is 0 Å². The van der Waals surface area contributed by atoms with Crippen LogP contribution in [0.1, 0.15) is 47.5 Å². The van der Waals surface area contributed by atoms with E-state index in [-0.39, 0.29) is 23.1 Å². The smallest absolute Gasteiger partial charge is 0.224 e. The first-order chi connectivity index (χ1) is 9.15. The van der Waals surface area contributed by atoms with Crippen LogP contribution in [0, 0.1) is 17.3 Å². The van der Waals surface area contributed by atoms with Crippen LogP contribution in [0.25, 0.3) is 0 Å². The van der Waals surface area contributed by atoms with Crippen molar-refractivity contribution < 1.29 is 9.59 Å². The quantitative estimate of drug-likeness (QED) is 0.628. The first kappa shape index (κ1) is 18.9. The normalized spacial score (nSPS) is 13.2. The Bertz CT molecular complexity index is 309. The lowest BCUT2D eigenvalue weighted by Crippen LogP contribution is -2.39. The van der Waals surface area contributed by atoms with Gasteiger partial charge in [0.25, 0.3) is 0 Å². The van der Waals surface area contributed by atoms with Gasteiger partial charge in [0.15, 0.2) is 0 Å². The van der Waals surface area contributed by atoms with Crippen molar-refractivity contribution >= 4 is 11.8 Å². The highest BCUT2D eigenvalue weighted by molar-refractivity contribution is 5.80. The van der Waals surface area contributed by atoms with Crippen LogP contribution >= 0.6 is 0 Å². The summed E-state index contributed by atoms with van der Waals surface area (Å²) in [5.74, 6) is 0.161. The lowest BCUT2D eigenvalue weighted by atomic mass is 9.84. The van der Waals surface area contributed by atoms with Crippen molar-refractivity contribution in [2.75, 3.05) is 19.6 Å². The third-order valence-electron chi connectivity index (χ3n) is 2.87. The Morgan fingerprint density at radius 1 is 1.15 bits per heavy atom. The molecule has 2 amide bonds. The summed E-state index contributed by atoms with van der Waals surface area (Å²) >= 11 is 0. The Kier molecular flexibility index (Phi) is 8.46. The summed E-state index contributed by atoms with van der Waals surface area (Å²) in [5, 5.41) is 5.62. The second kappa shape index (κ2) is 8.95. The molecule has 0 spiro atoms. The maximum Gasteiger partial charge on any atom is 0.224 e. The summed E-state index contributed by atoms with van der Waals surface area (Å²) in [6.07, 6.45) is 1.06. The average molecular weight is 285 g/mol. The van der Waals surface area contributed by atoms with Gasteiger partial charge in [0.1, 0.15) is 0 Å². The van der Waals surface area contributed by atoms with Crippen LogP contribution in [0.2, 0.25) is 0 Å². The molecule has 0 aromatic rings. The molecule has 5 nitrogen and oxygen atoms in total. The number of amides is 2. The van der Waals surface area contributed by atoms with Crippen molar-refractivity contribution in [1.29, 1.82) is 0 Å². The second-order valence-corrected chi connectivity index (χ2v) is 6.94. The van der Waals surface area contributed by atoms with E-state index in [0.29, 0.717) is 32.0 Å². The van der Waals surface area contributed by atoms with E-state index < -0.39 is 0 Å². The van der Waals surface area contributed by atoms with Gasteiger partial charge in [-0.25, -0.2) is 0 Å². The molecule has 118 valence electrons.